The summed E-state index contributed by atoms with van der Waals surface area (Å²) in [6.07, 6.45) is 3.32. The summed E-state index contributed by atoms with van der Waals surface area (Å²) in [6, 6.07) is 0. The highest BCUT2D eigenvalue weighted by molar-refractivity contribution is 5.80. The Kier molecular flexibility index (Phi) is 6.67. The minimum Gasteiger partial charge on any atom is -0.465 e. The quantitative estimate of drug-likeness (QED) is 0.766. The van der Waals surface area contributed by atoms with E-state index in [0.717, 1.165) is 32.0 Å². The van der Waals surface area contributed by atoms with Crippen LogP contribution >= 0.6 is 0 Å². The Balaban J connectivity index is 2.44. The number of rotatable bonds is 6. The summed E-state index contributed by atoms with van der Waals surface area (Å²) in [4.78, 5) is 14.5. The molecule has 4 nitrogen and oxygen atoms in total. The molecule has 0 aromatic rings. The predicted octanol–water partition coefficient (Wildman–Crippen LogP) is 2.68. The van der Waals surface area contributed by atoms with E-state index in [1.54, 1.807) is 0 Å². The second-order valence-electron chi connectivity index (χ2n) is 7.53. The molecule has 1 saturated heterocycles. The predicted molar refractivity (Wildman–Crippen MR) is 87.3 cm³/mol. The van der Waals surface area contributed by atoms with E-state index in [9.17, 15) is 4.79 Å². The number of likely N-dealkylation sites (N-methyl/N-ethyl adjacent to an activating group) is 1. The van der Waals surface area contributed by atoms with Gasteiger partial charge in [0.15, 0.2) is 0 Å². The van der Waals surface area contributed by atoms with Gasteiger partial charge in [-0.05, 0) is 64.6 Å². The van der Waals surface area contributed by atoms with Crippen molar-refractivity contribution in [3.05, 3.63) is 0 Å². The van der Waals surface area contributed by atoms with E-state index in [0.29, 0.717) is 12.0 Å². The minimum absolute atomic E-state index is 0.142. The zero-order chi connectivity index (χ0) is 16.1. The molecule has 1 atom stereocenters. The molecule has 21 heavy (non-hydrogen) atoms. The summed E-state index contributed by atoms with van der Waals surface area (Å²) in [5.74, 6) is 0.673. The molecular weight excluding hydrogens is 264 g/mol. The van der Waals surface area contributed by atoms with Gasteiger partial charge >= 0.3 is 5.97 Å². The molecule has 1 aliphatic heterocycles. The summed E-state index contributed by atoms with van der Waals surface area (Å²) in [7, 11) is 1.84. The third-order valence-corrected chi connectivity index (χ3v) is 5.02. The van der Waals surface area contributed by atoms with E-state index < -0.39 is 5.54 Å². The summed E-state index contributed by atoms with van der Waals surface area (Å²) >= 11 is 0. The highest BCUT2D eigenvalue weighted by Crippen LogP contribution is 2.34. The molecule has 0 spiro atoms. The van der Waals surface area contributed by atoms with Crippen molar-refractivity contribution in [3.8, 4) is 0 Å². The maximum Gasteiger partial charge on any atom is 0.326 e. The number of carbonyl (C=O) groups is 1. The maximum absolute atomic E-state index is 12.0. The Labute approximate surface area is 130 Å². The summed E-state index contributed by atoms with van der Waals surface area (Å²) in [5.41, 5.74) is -0.159. The molecule has 0 amide bonds. The van der Waals surface area contributed by atoms with Gasteiger partial charge < -0.3 is 15.0 Å². The molecule has 0 aromatic heterocycles. The first-order valence-electron chi connectivity index (χ1n) is 8.31. The molecule has 0 radical (unpaired) electrons. The molecule has 1 rings (SSSR count). The summed E-state index contributed by atoms with van der Waals surface area (Å²) in [6.45, 7) is 14.5. The Hall–Kier alpha value is -0.610. The van der Waals surface area contributed by atoms with Crippen LogP contribution < -0.4 is 5.32 Å². The first-order valence-corrected chi connectivity index (χ1v) is 8.31. The first-order chi connectivity index (χ1) is 9.73. The number of hydrogen-bond donors (Lipinski definition) is 1. The van der Waals surface area contributed by atoms with Crippen molar-refractivity contribution >= 4 is 5.97 Å². The maximum atomic E-state index is 12.0. The van der Waals surface area contributed by atoms with Crippen LogP contribution in [-0.4, -0.2) is 49.7 Å². The van der Waals surface area contributed by atoms with Gasteiger partial charge in [0.05, 0.1) is 6.61 Å². The third kappa shape index (κ3) is 5.26. The van der Waals surface area contributed by atoms with Crippen LogP contribution in [-0.2, 0) is 9.53 Å². The number of nitrogens with zero attached hydrogens (tertiary/aromatic N) is 1. The van der Waals surface area contributed by atoms with E-state index in [4.69, 9.17) is 4.74 Å². The van der Waals surface area contributed by atoms with Crippen LogP contribution in [0.15, 0.2) is 0 Å². The summed E-state index contributed by atoms with van der Waals surface area (Å²) < 4.78 is 5.18. The average Bonchev–Trinajstić information content (AvgIpc) is 2.44. The van der Waals surface area contributed by atoms with Gasteiger partial charge in [-0.15, -0.1) is 0 Å². The van der Waals surface area contributed by atoms with Gasteiger partial charge in [-0.25, -0.2) is 0 Å². The number of esters is 1. The highest BCUT2D eigenvalue weighted by Gasteiger charge is 2.34. The molecule has 1 fully saturated rings. The van der Waals surface area contributed by atoms with Crippen LogP contribution in [0.4, 0.5) is 0 Å². The fourth-order valence-electron chi connectivity index (χ4n) is 3.02. The number of carbonyl (C=O) groups excluding carboxylic acids is 1. The number of ether oxygens (including phenoxy) is 1. The summed E-state index contributed by atoms with van der Waals surface area (Å²) in [5, 5.41) is 3.13. The van der Waals surface area contributed by atoms with Crippen LogP contribution in [0.25, 0.3) is 0 Å². The molecule has 1 N–H and O–H groups in total. The lowest BCUT2D eigenvalue weighted by molar-refractivity contribution is -0.150. The molecule has 0 bridgehead atoms. The molecule has 1 heterocycles. The van der Waals surface area contributed by atoms with Crippen LogP contribution in [0.3, 0.4) is 0 Å². The topological polar surface area (TPSA) is 41.6 Å². The van der Waals surface area contributed by atoms with Crippen molar-refractivity contribution < 1.29 is 9.53 Å². The molecule has 1 aliphatic rings. The highest BCUT2D eigenvalue weighted by atomic mass is 16.5. The average molecular weight is 298 g/mol. The van der Waals surface area contributed by atoms with Crippen molar-refractivity contribution in [2.24, 2.45) is 11.3 Å². The van der Waals surface area contributed by atoms with Crippen LogP contribution in [0.5, 0.6) is 0 Å². The number of hydrogen-bond acceptors (Lipinski definition) is 4. The van der Waals surface area contributed by atoms with Gasteiger partial charge in [0.25, 0.3) is 0 Å². The molecule has 0 saturated carbocycles. The third-order valence-electron chi connectivity index (χ3n) is 5.02. The molecule has 4 heteroatoms. The van der Waals surface area contributed by atoms with Crippen LogP contribution in [0, 0.1) is 11.3 Å². The Bertz CT molecular complexity index is 330. The van der Waals surface area contributed by atoms with E-state index in [1.165, 1.54) is 12.8 Å². The molecule has 0 aliphatic carbocycles. The largest absolute Gasteiger partial charge is 0.465 e. The van der Waals surface area contributed by atoms with Gasteiger partial charge in [0, 0.05) is 6.54 Å². The Morgan fingerprint density at radius 3 is 2.24 bits per heavy atom. The zero-order valence-electron chi connectivity index (χ0n) is 14.8. The second kappa shape index (κ2) is 7.59. The lowest BCUT2D eigenvalue weighted by atomic mass is 9.75. The van der Waals surface area contributed by atoms with Crippen molar-refractivity contribution in [1.29, 1.82) is 0 Å². The van der Waals surface area contributed by atoms with Gasteiger partial charge in [-0.3, -0.25) is 4.79 Å². The normalized spacial score (nSPS) is 21.0. The van der Waals surface area contributed by atoms with E-state index in [2.05, 4.69) is 31.0 Å². The Morgan fingerprint density at radius 2 is 1.81 bits per heavy atom. The molecule has 1 unspecified atom stereocenters. The van der Waals surface area contributed by atoms with Gasteiger partial charge in [-0.1, -0.05) is 20.8 Å². The molecular formula is C17H34N2O2. The van der Waals surface area contributed by atoms with Crippen LogP contribution in [0.1, 0.15) is 53.9 Å². The number of piperidine rings is 1. The minimum atomic E-state index is -0.573. The number of likely N-dealkylation sites (tertiary alicyclic amines) is 1. The Morgan fingerprint density at radius 1 is 1.24 bits per heavy atom. The van der Waals surface area contributed by atoms with Crippen molar-refractivity contribution in [3.63, 3.8) is 0 Å². The van der Waals surface area contributed by atoms with Crippen molar-refractivity contribution in [2.75, 3.05) is 33.3 Å². The smallest absolute Gasteiger partial charge is 0.326 e. The lowest BCUT2D eigenvalue weighted by Crippen LogP contribution is -2.51. The number of nitrogens with one attached hydrogen (secondary N) is 1. The van der Waals surface area contributed by atoms with Crippen molar-refractivity contribution in [2.45, 2.75) is 59.4 Å². The molecule has 0 aromatic carbocycles. The van der Waals surface area contributed by atoms with E-state index in [-0.39, 0.29) is 5.97 Å². The first kappa shape index (κ1) is 18.4. The standard InChI is InChI=1S/C17H34N2O2/c1-7-21-15(20)17(5,18-6)10-13-19-11-8-14(9-12-19)16(2,3)4/h14,18H,7-13H2,1-6H3. The van der Waals surface area contributed by atoms with E-state index >= 15 is 0 Å². The SMILES string of the molecule is CCOC(=O)C(C)(CCN1CCC(C(C)(C)C)CC1)NC. The fraction of sp³-hybridized carbons (Fsp3) is 0.941. The lowest BCUT2D eigenvalue weighted by Gasteiger charge is -2.39. The fourth-order valence-corrected chi connectivity index (χ4v) is 3.02. The van der Waals surface area contributed by atoms with E-state index in [1.807, 2.05) is 20.9 Å². The van der Waals surface area contributed by atoms with Gasteiger partial charge in [-0.2, -0.15) is 0 Å². The molecule has 124 valence electrons. The van der Waals surface area contributed by atoms with Gasteiger partial charge in [0.1, 0.15) is 5.54 Å². The monoisotopic (exact) mass is 298 g/mol. The van der Waals surface area contributed by atoms with Crippen LogP contribution in [0.2, 0.25) is 0 Å². The van der Waals surface area contributed by atoms with Crippen molar-refractivity contribution in [1.82, 2.24) is 10.2 Å². The second-order valence-corrected chi connectivity index (χ2v) is 7.53. The zero-order valence-corrected chi connectivity index (χ0v) is 14.8. The van der Waals surface area contributed by atoms with Gasteiger partial charge in [0.2, 0.25) is 0 Å².